The summed E-state index contributed by atoms with van der Waals surface area (Å²) in [4.78, 5) is 14.3. The van der Waals surface area contributed by atoms with Crippen molar-refractivity contribution in [3.63, 3.8) is 0 Å². The lowest BCUT2D eigenvalue weighted by atomic mass is 9.83. The highest BCUT2D eigenvalue weighted by atomic mass is 32.2. The van der Waals surface area contributed by atoms with E-state index >= 15 is 0 Å². The van der Waals surface area contributed by atoms with Gasteiger partial charge in [0.1, 0.15) is 0 Å². The van der Waals surface area contributed by atoms with Crippen LogP contribution in [0.2, 0.25) is 0 Å². The Kier molecular flexibility index (Phi) is 6.89. The maximum Gasteiger partial charge on any atom is 0.410 e. The monoisotopic (exact) mass is 450 g/mol. The zero-order valence-electron chi connectivity index (χ0n) is 18.4. The third kappa shape index (κ3) is 5.59. The van der Waals surface area contributed by atoms with Crippen molar-refractivity contribution in [2.45, 2.75) is 75.1 Å². The number of benzene rings is 1. The van der Waals surface area contributed by atoms with Gasteiger partial charge in [0.05, 0.1) is 32.1 Å². The quantitative estimate of drug-likeness (QED) is 0.689. The predicted octanol–water partition coefficient (Wildman–Crippen LogP) is 3.27. The molecule has 0 radical (unpaired) electrons. The average molecular weight is 451 g/mol. The van der Waals surface area contributed by atoms with E-state index in [0.717, 1.165) is 38.5 Å². The van der Waals surface area contributed by atoms with E-state index in [-0.39, 0.29) is 24.2 Å². The van der Waals surface area contributed by atoms with Crippen molar-refractivity contribution in [3.05, 3.63) is 35.9 Å². The molecule has 3 fully saturated rings. The summed E-state index contributed by atoms with van der Waals surface area (Å²) in [5.41, 5.74) is 1.39. The Bertz CT molecular complexity index is 850. The molecule has 1 heterocycles. The van der Waals surface area contributed by atoms with E-state index in [4.69, 9.17) is 9.47 Å². The fourth-order valence-electron chi connectivity index (χ4n) is 5.37. The molecule has 3 aliphatic rings. The predicted molar refractivity (Wildman–Crippen MR) is 118 cm³/mol. The molecule has 0 aromatic heterocycles. The maximum absolute atomic E-state index is 12.6. The Labute approximate surface area is 185 Å². The summed E-state index contributed by atoms with van der Waals surface area (Å²) in [6.07, 6.45) is 7.77. The van der Waals surface area contributed by atoms with Crippen molar-refractivity contribution >= 4 is 16.1 Å². The summed E-state index contributed by atoms with van der Waals surface area (Å²) >= 11 is 0. The smallest absolute Gasteiger partial charge is 0.410 e. The van der Waals surface area contributed by atoms with Gasteiger partial charge in [-0.3, -0.25) is 4.90 Å². The number of carbonyl (C=O) groups is 1. The Morgan fingerprint density at radius 1 is 1.10 bits per heavy atom. The molecule has 8 heteroatoms. The molecule has 1 aliphatic heterocycles. The lowest BCUT2D eigenvalue weighted by Gasteiger charge is -2.33. The number of methoxy groups -OCH3 is 1. The molecule has 3 atom stereocenters. The van der Waals surface area contributed by atoms with Gasteiger partial charge in [0.2, 0.25) is 10.0 Å². The number of amides is 1. The topological polar surface area (TPSA) is 84.9 Å². The van der Waals surface area contributed by atoms with Crippen LogP contribution in [0.15, 0.2) is 30.3 Å². The minimum Gasteiger partial charge on any atom is -0.453 e. The van der Waals surface area contributed by atoms with Gasteiger partial charge in [-0.25, -0.2) is 17.9 Å². The molecule has 2 saturated carbocycles. The number of likely N-dealkylation sites (tertiary alicyclic amines) is 1. The van der Waals surface area contributed by atoms with E-state index in [1.807, 2.05) is 6.07 Å². The van der Waals surface area contributed by atoms with Gasteiger partial charge in [-0.1, -0.05) is 30.3 Å². The van der Waals surface area contributed by atoms with Crippen molar-refractivity contribution in [2.24, 2.45) is 5.92 Å². The fourth-order valence-corrected chi connectivity index (χ4v) is 6.17. The summed E-state index contributed by atoms with van der Waals surface area (Å²) in [6, 6.07) is 9.92. The third-order valence-corrected chi connectivity index (χ3v) is 7.77. The van der Waals surface area contributed by atoms with Crippen LogP contribution in [0.4, 0.5) is 4.79 Å². The van der Waals surface area contributed by atoms with Crippen molar-refractivity contribution in [3.8, 4) is 0 Å². The summed E-state index contributed by atoms with van der Waals surface area (Å²) in [7, 11) is -2.01. The third-order valence-electron chi connectivity index (χ3n) is 7.04. The molecule has 0 spiro atoms. The molecule has 1 aromatic rings. The first-order chi connectivity index (χ1) is 14.9. The number of nitrogens with zero attached hydrogens (tertiary/aromatic N) is 1. The summed E-state index contributed by atoms with van der Waals surface area (Å²) in [6.45, 7) is 0.326. The first-order valence-corrected chi connectivity index (χ1v) is 13.2. The zero-order valence-corrected chi connectivity index (χ0v) is 19.2. The van der Waals surface area contributed by atoms with Gasteiger partial charge in [0, 0.05) is 12.1 Å². The van der Waals surface area contributed by atoms with Crippen LogP contribution in [0.5, 0.6) is 0 Å². The summed E-state index contributed by atoms with van der Waals surface area (Å²) in [5.74, 6) is 0.993. The highest BCUT2D eigenvalue weighted by Gasteiger charge is 2.51. The van der Waals surface area contributed by atoms with Crippen molar-refractivity contribution in [2.75, 3.05) is 20.0 Å². The minimum absolute atomic E-state index is 0.00844. The van der Waals surface area contributed by atoms with Crippen LogP contribution >= 0.6 is 0 Å². The zero-order chi connectivity index (χ0) is 22.0. The first kappa shape index (κ1) is 22.6. The van der Waals surface area contributed by atoms with Crippen LogP contribution in [0.3, 0.4) is 0 Å². The molecular formula is C23H34N2O5S. The SMILES string of the molecule is COC(=O)N1C(C2CC2)CC(NS(C)(=O)=O)C1CO[C@H]1CC[C@@H](c2ccccc2)CC1. The summed E-state index contributed by atoms with van der Waals surface area (Å²) < 4.78 is 38.0. The number of ether oxygens (including phenoxy) is 2. The van der Waals surface area contributed by atoms with Crippen LogP contribution in [-0.2, 0) is 19.5 Å². The van der Waals surface area contributed by atoms with Crippen LogP contribution < -0.4 is 4.72 Å². The largest absolute Gasteiger partial charge is 0.453 e. The number of hydrogen-bond donors (Lipinski definition) is 1. The van der Waals surface area contributed by atoms with Crippen LogP contribution in [0, 0.1) is 5.92 Å². The number of nitrogens with one attached hydrogen (secondary N) is 1. The highest BCUT2D eigenvalue weighted by Crippen LogP contribution is 2.43. The van der Waals surface area contributed by atoms with Crippen LogP contribution in [0.25, 0.3) is 0 Å². The van der Waals surface area contributed by atoms with Gasteiger partial charge in [-0.2, -0.15) is 0 Å². The molecule has 31 heavy (non-hydrogen) atoms. The molecule has 1 aromatic carbocycles. The molecule has 2 aliphatic carbocycles. The average Bonchev–Trinajstić information content (AvgIpc) is 3.54. The molecule has 4 rings (SSSR count). The second-order valence-electron chi connectivity index (χ2n) is 9.30. The Morgan fingerprint density at radius 2 is 1.77 bits per heavy atom. The lowest BCUT2D eigenvalue weighted by molar-refractivity contribution is -0.0102. The minimum atomic E-state index is -3.39. The van der Waals surface area contributed by atoms with Crippen molar-refractivity contribution in [1.82, 2.24) is 9.62 Å². The normalized spacial score (nSPS) is 31.5. The van der Waals surface area contributed by atoms with Gasteiger partial charge in [0.15, 0.2) is 0 Å². The molecule has 0 bridgehead atoms. The van der Waals surface area contributed by atoms with Gasteiger partial charge < -0.3 is 9.47 Å². The number of sulfonamides is 1. The van der Waals surface area contributed by atoms with Crippen LogP contribution in [-0.4, -0.2) is 63.6 Å². The van der Waals surface area contributed by atoms with Gasteiger partial charge >= 0.3 is 6.09 Å². The van der Waals surface area contributed by atoms with E-state index < -0.39 is 16.1 Å². The molecule has 3 unspecified atom stereocenters. The lowest BCUT2D eigenvalue weighted by Crippen LogP contribution is -2.50. The van der Waals surface area contributed by atoms with Crippen LogP contribution in [0.1, 0.15) is 56.4 Å². The van der Waals surface area contributed by atoms with E-state index in [2.05, 4.69) is 29.0 Å². The summed E-state index contributed by atoms with van der Waals surface area (Å²) in [5, 5.41) is 0. The maximum atomic E-state index is 12.6. The Morgan fingerprint density at radius 3 is 2.35 bits per heavy atom. The van der Waals surface area contributed by atoms with Gasteiger partial charge in [-0.05, 0) is 62.3 Å². The van der Waals surface area contributed by atoms with E-state index in [0.29, 0.717) is 24.9 Å². The Balaban J connectivity index is 1.39. The first-order valence-electron chi connectivity index (χ1n) is 11.4. The second-order valence-corrected chi connectivity index (χ2v) is 11.1. The Hall–Kier alpha value is -1.64. The highest BCUT2D eigenvalue weighted by molar-refractivity contribution is 7.88. The molecule has 1 N–H and O–H groups in total. The van der Waals surface area contributed by atoms with Crippen molar-refractivity contribution in [1.29, 1.82) is 0 Å². The number of rotatable bonds is 7. The molecular weight excluding hydrogens is 416 g/mol. The van der Waals surface area contributed by atoms with E-state index in [9.17, 15) is 13.2 Å². The standard InChI is InChI=1S/C23H34N2O5S/c1-29-23(26)25-21(18-8-9-18)14-20(24-31(2,27)28)22(25)15-30-19-12-10-17(11-13-19)16-6-4-3-5-7-16/h3-7,17-22,24H,8-15H2,1-2H3/t17-,19+,20?,21?,22?. The molecule has 7 nitrogen and oxygen atoms in total. The molecule has 172 valence electrons. The molecule has 1 amide bonds. The van der Waals surface area contributed by atoms with E-state index in [1.54, 1.807) is 4.90 Å². The van der Waals surface area contributed by atoms with E-state index in [1.165, 1.54) is 18.9 Å². The van der Waals surface area contributed by atoms with Gasteiger partial charge in [0.25, 0.3) is 0 Å². The number of hydrogen-bond acceptors (Lipinski definition) is 5. The fraction of sp³-hybridized carbons (Fsp3) is 0.696. The second kappa shape index (κ2) is 9.46. The van der Waals surface area contributed by atoms with Gasteiger partial charge in [-0.15, -0.1) is 0 Å². The number of carbonyl (C=O) groups excluding carboxylic acids is 1. The van der Waals surface area contributed by atoms with Crippen molar-refractivity contribution < 1.29 is 22.7 Å². The molecule has 1 saturated heterocycles.